The molecule has 0 saturated carbocycles. The third-order valence-electron chi connectivity index (χ3n) is 7.90. The zero-order valence-corrected chi connectivity index (χ0v) is 23.9. The number of hydrogen-bond donors (Lipinski definition) is 1. The van der Waals surface area contributed by atoms with Gasteiger partial charge in [0.15, 0.2) is 0 Å². The Balaban J connectivity index is 4.27. The van der Waals surface area contributed by atoms with E-state index in [1.807, 2.05) is 0 Å². The second-order valence-electron chi connectivity index (χ2n) is 11.2. The molecule has 0 aliphatic carbocycles. The first kappa shape index (κ1) is 33.5. The van der Waals surface area contributed by atoms with Crippen molar-refractivity contribution in [2.75, 3.05) is 0 Å². The van der Waals surface area contributed by atoms with Crippen LogP contribution in [0.1, 0.15) is 188 Å². The molecule has 1 N–H and O–H groups in total. The van der Waals surface area contributed by atoms with Gasteiger partial charge in [-0.05, 0) is 18.3 Å². The van der Waals surface area contributed by atoms with E-state index >= 15 is 0 Å². The van der Waals surface area contributed by atoms with Crippen molar-refractivity contribution < 1.29 is 9.90 Å². The van der Waals surface area contributed by atoms with Crippen molar-refractivity contribution in [1.29, 1.82) is 0 Å². The molecule has 2 heteroatoms. The monoisotopic (exact) mass is 480 g/mol. The lowest BCUT2D eigenvalue weighted by Crippen LogP contribution is -2.16. The largest absolute Gasteiger partial charge is 0.481 e. The molecule has 0 aromatic carbocycles. The summed E-state index contributed by atoms with van der Waals surface area (Å²) < 4.78 is 0. The smallest absolute Gasteiger partial charge is 0.303 e. The molecule has 0 saturated heterocycles. The molecule has 0 bridgehead atoms. The van der Waals surface area contributed by atoms with E-state index in [2.05, 4.69) is 20.8 Å². The van der Waals surface area contributed by atoms with E-state index in [-0.39, 0.29) is 0 Å². The average Bonchev–Trinajstić information content (AvgIpc) is 2.82. The third-order valence-corrected chi connectivity index (χ3v) is 7.90. The summed E-state index contributed by atoms with van der Waals surface area (Å²) in [5, 5.41) is 9.01. The van der Waals surface area contributed by atoms with E-state index < -0.39 is 5.97 Å². The van der Waals surface area contributed by atoms with Crippen molar-refractivity contribution in [3.05, 3.63) is 0 Å². The summed E-state index contributed by atoms with van der Waals surface area (Å²) in [6, 6.07) is 0. The van der Waals surface area contributed by atoms with Crippen molar-refractivity contribution in [3.63, 3.8) is 0 Å². The number of hydrogen-bond acceptors (Lipinski definition) is 1. The molecule has 0 aromatic heterocycles. The minimum atomic E-state index is -0.630. The normalized spacial score (nSPS) is 13.3. The van der Waals surface area contributed by atoms with Gasteiger partial charge in [0.1, 0.15) is 0 Å². The van der Waals surface area contributed by atoms with Gasteiger partial charge in [-0.25, -0.2) is 0 Å². The zero-order chi connectivity index (χ0) is 25.1. The van der Waals surface area contributed by atoms with Crippen molar-refractivity contribution in [3.8, 4) is 0 Å². The average molecular weight is 481 g/mol. The van der Waals surface area contributed by atoms with Gasteiger partial charge < -0.3 is 5.11 Å². The number of carboxylic acids is 1. The Morgan fingerprint density at radius 1 is 0.441 bits per heavy atom. The summed E-state index contributed by atoms with van der Waals surface area (Å²) in [7, 11) is 0. The molecule has 0 fully saturated rings. The van der Waals surface area contributed by atoms with Gasteiger partial charge in [-0.1, -0.05) is 175 Å². The van der Waals surface area contributed by atoms with E-state index in [0.717, 1.165) is 24.7 Å². The third kappa shape index (κ3) is 23.2. The maximum Gasteiger partial charge on any atom is 0.303 e. The molecule has 0 heterocycles. The van der Waals surface area contributed by atoms with E-state index in [0.29, 0.717) is 6.42 Å². The van der Waals surface area contributed by atoms with Gasteiger partial charge in [0.2, 0.25) is 0 Å². The molecule has 0 aliphatic heterocycles. The highest BCUT2D eigenvalue weighted by atomic mass is 16.4. The van der Waals surface area contributed by atoms with Crippen LogP contribution in [0.4, 0.5) is 0 Å². The molecule has 0 amide bonds. The Morgan fingerprint density at radius 3 is 1.12 bits per heavy atom. The van der Waals surface area contributed by atoms with Crippen LogP contribution in [-0.2, 0) is 4.79 Å². The highest BCUT2D eigenvalue weighted by molar-refractivity contribution is 5.66. The Morgan fingerprint density at radius 2 is 0.765 bits per heavy atom. The van der Waals surface area contributed by atoms with Gasteiger partial charge in [-0.3, -0.25) is 4.79 Å². The molecule has 2 unspecified atom stereocenters. The first-order valence-corrected chi connectivity index (χ1v) is 15.9. The van der Waals surface area contributed by atoms with Crippen molar-refractivity contribution in [2.45, 2.75) is 188 Å². The molecule has 34 heavy (non-hydrogen) atoms. The summed E-state index contributed by atoms with van der Waals surface area (Å²) >= 11 is 0. The van der Waals surface area contributed by atoms with Crippen LogP contribution in [0.2, 0.25) is 0 Å². The lowest BCUT2D eigenvalue weighted by molar-refractivity contribution is -0.137. The number of carboxylic acid groups (broad SMARTS) is 1. The molecule has 0 spiro atoms. The topological polar surface area (TPSA) is 37.3 Å². The minimum Gasteiger partial charge on any atom is -0.481 e. The highest BCUT2D eigenvalue weighted by Crippen LogP contribution is 2.33. The van der Waals surface area contributed by atoms with Crippen molar-refractivity contribution in [2.24, 2.45) is 11.8 Å². The van der Waals surface area contributed by atoms with Crippen LogP contribution < -0.4 is 0 Å². The molecule has 0 rings (SSSR count). The standard InChI is InChI=1S/C32H64O2/c1-4-7-9-11-13-15-16-18-19-21-26-30(25-6-3)31(28-23-24-29-32(33)34)27-22-20-17-14-12-10-8-5-2/h30-31H,4-29H2,1-3H3,(H,33,34). The lowest BCUT2D eigenvalue weighted by atomic mass is 9.78. The van der Waals surface area contributed by atoms with Gasteiger partial charge in [0.05, 0.1) is 0 Å². The van der Waals surface area contributed by atoms with Gasteiger partial charge >= 0.3 is 5.97 Å². The molecule has 2 atom stereocenters. The van der Waals surface area contributed by atoms with Crippen LogP contribution in [0.15, 0.2) is 0 Å². The number of carbonyl (C=O) groups is 1. The maximum absolute atomic E-state index is 10.9. The van der Waals surface area contributed by atoms with E-state index in [9.17, 15) is 4.79 Å². The molecular formula is C32H64O2. The van der Waals surface area contributed by atoms with Crippen LogP contribution in [0.25, 0.3) is 0 Å². The predicted octanol–water partition coefficient (Wildman–Crippen LogP) is 11.5. The molecule has 2 nitrogen and oxygen atoms in total. The summed E-state index contributed by atoms with van der Waals surface area (Å²) in [6.07, 6.45) is 34.4. The van der Waals surface area contributed by atoms with Crippen molar-refractivity contribution >= 4 is 5.97 Å². The Labute approximate surface area is 215 Å². The highest BCUT2D eigenvalue weighted by Gasteiger charge is 2.20. The maximum atomic E-state index is 10.9. The number of unbranched alkanes of at least 4 members (excludes halogenated alkanes) is 17. The first-order chi connectivity index (χ1) is 16.7. The fourth-order valence-electron chi connectivity index (χ4n) is 5.72. The van der Waals surface area contributed by atoms with E-state index in [1.165, 1.54) is 148 Å². The summed E-state index contributed by atoms with van der Waals surface area (Å²) in [4.78, 5) is 10.9. The fourth-order valence-corrected chi connectivity index (χ4v) is 5.72. The Hall–Kier alpha value is -0.530. The Bertz CT molecular complexity index is 406. The van der Waals surface area contributed by atoms with Gasteiger partial charge in [0.25, 0.3) is 0 Å². The summed E-state index contributed by atoms with van der Waals surface area (Å²) in [5.41, 5.74) is 0. The fraction of sp³-hybridized carbons (Fsp3) is 0.969. The van der Waals surface area contributed by atoms with Gasteiger partial charge in [-0.15, -0.1) is 0 Å². The molecule has 0 aromatic rings. The number of rotatable bonds is 28. The minimum absolute atomic E-state index is 0.349. The van der Waals surface area contributed by atoms with Crippen LogP contribution in [-0.4, -0.2) is 11.1 Å². The first-order valence-electron chi connectivity index (χ1n) is 15.9. The molecular weight excluding hydrogens is 416 g/mol. The van der Waals surface area contributed by atoms with Gasteiger partial charge in [-0.2, -0.15) is 0 Å². The summed E-state index contributed by atoms with van der Waals surface area (Å²) in [6.45, 7) is 6.93. The molecule has 0 radical (unpaired) electrons. The Kier molecular flexibility index (Phi) is 26.6. The second-order valence-corrected chi connectivity index (χ2v) is 11.2. The van der Waals surface area contributed by atoms with Crippen LogP contribution in [0, 0.1) is 11.8 Å². The van der Waals surface area contributed by atoms with Crippen LogP contribution in [0.3, 0.4) is 0 Å². The predicted molar refractivity (Wildman–Crippen MR) is 152 cm³/mol. The van der Waals surface area contributed by atoms with E-state index in [1.54, 1.807) is 0 Å². The van der Waals surface area contributed by atoms with Gasteiger partial charge in [0, 0.05) is 6.42 Å². The second kappa shape index (κ2) is 27.1. The lowest BCUT2D eigenvalue weighted by Gasteiger charge is -2.27. The zero-order valence-electron chi connectivity index (χ0n) is 23.9. The molecule has 204 valence electrons. The SMILES string of the molecule is CCCCCCCCCCCCC(CCC)C(CCCCCCCCCC)CCCCC(=O)O. The number of aliphatic carboxylic acids is 1. The van der Waals surface area contributed by atoms with E-state index in [4.69, 9.17) is 5.11 Å². The van der Waals surface area contributed by atoms with Crippen LogP contribution >= 0.6 is 0 Å². The van der Waals surface area contributed by atoms with Crippen LogP contribution in [0.5, 0.6) is 0 Å². The van der Waals surface area contributed by atoms with Crippen molar-refractivity contribution in [1.82, 2.24) is 0 Å². The summed E-state index contributed by atoms with van der Waals surface area (Å²) in [5.74, 6) is 1.07. The quantitative estimate of drug-likeness (QED) is 0.113. The molecule has 0 aliphatic rings.